The van der Waals surface area contributed by atoms with Crippen LogP contribution in [0, 0.1) is 5.82 Å². The highest BCUT2D eigenvalue weighted by Crippen LogP contribution is 2.39. The quantitative estimate of drug-likeness (QED) is 0.833. The van der Waals surface area contributed by atoms with Gasteiger partial charge >= 0.3 is 0 Å². The van der Waals surface area contributed by atoms with Gasteiger partial charge in [-0.05, 0) is 23.8 Å². The van der Waals surface area contributed by atoms with Crippen LogP contribution in [0.1, 0.15) is 29.7 Å². The molecule has 0 saturated heterocycles. The van der Waals surface area contributed by atoms with Gasteiger partial charge in [-0.3, -0.25) is 0 Å². The molecule has 0 aliphatic carbocycles. The van der Waals surface area contributed by atoms with Gasteiger partial charge in [0, 0.05) is 18.0 Å². The minimum absolute atomic E-state index is 0.0563. The summed E-state index contributed by atoms with van der Waals surface area (Å²) in [6, 6.07) is 14.3. The largest absolute Gasteiger partial charge is 0.485 e. The Labute approximate surface area is 105 Å². The van der Waals surface area contributed by atoms with Gasteiger partial charge in [-0.15, -0.1) is 0 Å². The molecule has 0 spiro atoms. The third kappa shape index (κ3) is 1.97. The predicted octanol–water partition coefficient (Wildman–Crippen LogP) is 3.35. The van der Waals surface area contributed by atoms with Crippen LogP contribution in [-0.4, -0.2) is 0 Å². The predicted molar refractivity (Wildman–Crippen MR) is 67.8 cm³/mol. The first-order valence-corrected chi connectivity index (χ1v) is 6.00. The Hall–Kier alpha value is -1.87. The van der Waals surface area contributed by atoms with E-state index < -0.39 is 0 Å². The first kappa shape index (κ1) is 11.2. The number of ether oxygens (including phenoxy) is 1. The molecule has 2 atom stereocenters. The molecule has 0 fully saturated rings. The zero-order valence-electron chi connectivity index (χ0n) is 9.84. The zero-order valence-corrected chi connectivity index (χ0v) is 9.84. The number of hydrogen-bond donors (Lipinski definition) is 1. The summed E-state index contributed by atoms with van der Waals surface area (Å²) >= 11 is 0. The molecule has 1 aliphatic rings. The SMILES string of the molecule is N[C@H]1CC(c2ccccc2)Oc2ccc(F)cc21. The summed E-state index contributed by atoms with van der Waals surface area (Å²) in [7, 11) is 0. The van der Waals surface area contributed by atoms with E-state index in [0.29, 0.717) is 12.2 Å². The molecule has 92 valence electrons. The highest BCUT2D eigenvalue weighted by Gasteiger charge is 2.27. The van der Waals surface area contributed by atoms with Crippen LogP contribution in [-0.2, 0) is 0 Å². The standard InChI is InChI=1S/C15H14FNO/c16-11-6-7-14-12(8-11)13(17)9-15(18-14)10-4-2-1-3-5-10/h1-8,13,15H,9,17H2/t13-,15?/m0/s1. The Bertz CT molecular complexity index is 556. The maximum Gasteiger partial charge on any atom is 0.126 e. The number of hydrogen-bond acceptors (Lipinski definition) is 2. The fourth-order valence-corrected chi connectivity index (χ4v) is 2.35. The molecule has 3 rings (SSSR count). The van der Waals surface area contributed by atoms with Gasteiger partial charge in [0.1, 0.15) is 17.7 Å². The van der Waals surface area contributed by atoms with Crippen molar-refractivity contribution in [1.82, 2.24) is 0 Å². The molecule has 2 aromatic rings. The van der Waals surface area contributed by atoms with Crippen LogP contribution in [0.2, 0.25) is 0 Å². The molecule has 0 radical (unpaired) electrons. The van der Waals surface area contributed by atoms with Crippen molar-refractivity contribution in [1.29, 1.82) is 0 Å². The summed E-state index contributed by atoms with van der Waals surface area (Å²) in [5.41, 5.74) is 7.95. The molecule has 1 unspecified atom stereocenters. The highest BCUT2D eigenvalue weighted by atomic mass is 19.1. The molecular weight excluding hydrogens is 229 g/mol. The Kier molecular flexibility index (Phi) is 2.76. The molecule has 2 nitrogen and oxygen atoms in total. The molecule has 18 heavy (non-hydrogen) atoms. The second kappa shape index (κ2) is 4.42. The van der Waals surface area contributed by atoms with Gasteiger partial charge in [0.25, 0.3) is 0 Å². The molecule has 3 heteroatoms. The first-order valence-electron chi connectivity index (χ1n) is 6.00. The van der Waals surface area contributed by atoms with Crippen LogP contribution in [0.5, 0.6) is 5.75 Å². The minimum atomic E-state index is -0.272. The Morgan fingerprint density at radius 3 is 2.67 bits per heavy atom. The topological polar surface area (TPSA) is 35.2 Å². The summed E-state index contributed by atoms with van der Waals surface area (Å²) in [5, 5.41) is 0. The minimum Gasteiger partial charge on any atom is -0.485 e. The first-order chi connectivity index (χ1) is 8.74. The smallest absolute Gasteiger partial charge is 0.126 e. The van der Waals surface area contributed by atoms with E-state index in [-0.39, 0.29) is 18.0 Å². The van der Waals surface area contributed by atoms with Crippen LogP contribution in [0.15, 0.2) is 48.5 Å². The van der Waals surface area contributed by atoms with E-state index >= 15 is 0 Å². The fourth-order valence-electron chi connectivity index (χ4n) is 2.35. The lowest BCUT2D eigenvalue weighted by Gasteiger charge is -2.30. The van der Waals surface area contributed by atoms with Gasteiger partial charge < -0.3 is 10.5 Å². The van der Waals surface area contributed by atoms with Crippen LogP contribution in [0.4, 0.5) is 4.39 Å². The van der Waals surface area contributed by atoms with E-state index in [1.54, 1.807) is 6.07 Å². The molecule has 0 amide bonds. The van der Waals surface area contributed by atoms with Gasteiger partial charge in [0.15, 0.2) is 0 Å². The van der Waals surface area contributed by atoms with Crippen molar-refractivity contribution in [3.05, 3.63) is 65.5 Å². The molecule has 0 aromatic heterocycles. The van der Waals surface area contributed by atoms with E-state index in [0.717, 1.165) is 11.1 Å². The second-order valence-electron chi connectivity index (χ2n) is 4.54. The average molecular weight is 243 g/mol. The number of nitrogens with two attached hydrogens (primary N) is 1. The van der Waals surface area contributed by atoms with Crippen LogP contribution in [0.25, 0.3) is 0 Å². The number of halogens is 1. The van der Waals surface area contributed by atoms with E-state index in [2.05, 4.69) is 0 Å². The number of rotatable bonds is 1. The summed E-state index contributed by atoms with van der Waals surface area (Å²) < 4.78 is 19.1. The molecule has 2 aromatic carbocycles. The number of benzene rings is 2. The van der Waals surface area contributed by atoms with Crippen molar-refractivity contribution in [3.63, 3.8) is 0 Å². The molecule has 2 N–H and O–H groups in total. The van der Waals surface area contributed by atoms with Crippen molar-refractivity contribution >= 4 is 0 Å². The Balaban J connectivity index is 1.95. The van der Waals surface area contributed by atoms with Gasteiger partial charge in [0.2, 0.25) is 0 Å². The van der Waals surface area contributed by atoms with Crippen molar-refractivity contribution in [2.75, 3.05) is 0 Å². The van der Waals surface area contributed by atoms with Gasteiger partial charge in [-0.25, -0.2) is 4.39 Å². The van der Waals surface area contributed by atoms with E-state index in [1.807, 2.05) is 30.3 Å². The normalized spacial score (nSPS) is 22.1. The average Bonchev–Trinajstić information content (AvgIpc) is 2.40. The summed E-state index contributed by atoms with van der Waals surface area (Å²) in [6.45, 7) is 0. The van der Waals surface area contributed by atoms with Crippen LogP contribution < -0.4 is 10.5 Å². The molecule has 1 heterocycles. The molecular formula is C15H14FNO. The Morgan fingerprint density at radius 2 is 1.89 bits per heavy atom. The lowest BCUT2D eigenvalue weighted by atomic mass is 9.93. The van der Waals surface area contributed by atoms with E-state index in [9.17, 15) is 4.39 Å². The number of fused-ring (bicyclic) bond motifs is 1. The zero-order chi connectivity index (χ0) is 12.5. The van der Waals surface area contributed by atoms with Crippen LogP contribution in [0.3, 0.4) is 0 Å². The van der Waals surface area contributed by atoms with E-state index in [1.165, 1.54) is 12.1 Å². The molecule has 0 bridgehead atoms. The molecule has 1 aliphatic heterocycles. The Morgan fingerprint density at radius 1 is 1.11 bits per heavy atom. The summed E-state index contributed by atoms with van der Waals surface area (Å²) in [6.07, 6.45) is 0.611. The third-order valence-corrected chi connectivity index (χ3v) is 3.28. The second-order valence-corrected chi connectivity index (χ2v) is 4.54. The van der Waals surface area contributed by atoms with Gasteiger partial charge in [0.05, 0.1) is 0 Å². The van der Waals surface area contributed by atoms with Crippen molar-refractivity contribution in [3.8, 4) is 5.75 Å². The monoisotopic (exact) mass is 243 g/mol. The van der Waals surface area contributed by atoms with Gasteiger partial charge in [-0.1, -0.05) is 30.3 Å². The van der Waals surface area contributed by atoms with Crippen molar-refractivity contribution < 1.29 is 9.13 Å². The van der Waals surface area contributed by atoms with E-state index in [4.69, 9.17) is 10.5 Å². The maximum absolute atomic E-state index is 13.2. The summed E-state index contributed by atoms with van der Waals surface area (Å²) in [4.78, 5) is 0. The lowest BCUT2D eigenvalue weighted by Crippen LogP contribution is -2.24. The van der Waals surface area contributed by atoms with Crippen molar-refractivity contribution in [2.45, 2.75) is 18.6 Å². The summed E-state index contributed by atoms with van der Waals surface area (Å²) in [5.74, 6) is 0.412. The lowest BCUT2D eigenvalue weighted by molar-refractivity contribution is 0.161. The van der Waals surface area contributed by atoms with Crippen LogP contribution >= 0.6 is 0 Å². The van der Waals surface area contributed by atoms with Gasteiger partial charge in [-0.2, -0.15) is 0 Å². The molecule has 0 saturated carbocycles. The maximum atomic E-state index is 13.2. The van der Waals surface area contributed by atoms with Crippen molar-refractivity contribution in [2.24, 2.45) is 5.73 Å². The fraction of sp³-hybridized carbons (Fsp3) is 0.200. The third-order valence-electron chi connectivity index (χ3n) is 3.28. The highest BCUT2D eigenvalue weighted by molar-refractivity contribution is 5.39.